The summed E-state index contributed by atoms with van der Waals surface area (Å²) in [6.07, 6.45) is 1.65. The summed E-state index contributed by atoms with van der Waals surface area (Å²) < 4.78 is 7.92. The molecule has 3 heterocycles. The van der Waals surface area contributed by atoms with E-state index in [0.717, 1.165) is 22.2 Å². The van der Waals surface area contributed by atoms with E-state index in [4.69, 9.17) is 4.42 Å². The van der Waals surface area contributed by atoms with Gasteiger partial charge < -0.3 is 14.6 Å². The van der Waals surface area contributed by atoms with Crippen molar-refractivity contribution < 1.29 is 19.4 Å². The number of aromatic nitrogens is 2. The average Bonchev–Trinajstić information content (AvgIpc) is 3.39. The first-order valence-corrected chi connectivity index (χ1v) is 10.2. The normalized spacial score (nSPS) is 12.3. The van der Waals surface area contributed by atoms with Gasteiger partial charge in [0.15, 0.2) is 4.96 Å². The van der Waals surface area contributed by atoms with E-state index in [-0.39, 0.29) is 16.9 Å². The van der Waals surface area contributed by atoms with E-state index in [0.29, 0.717) is 26.6 Å². The molecule has 8 heteroatoms. The summed E-state index contributed by atoms with van der Waals surface area (Å²) in [7, 11) is 0. The number of furan rings is 1. The number of aromatic carboxylic acids is 1. The highest BCUT2D eigenvalue weighted by molar-refractivity contribution is 7.15. The van der Waals surface area contributed by atoms with Gasteiger partial charge in [-0.1, -0.05) is 17.4 Å². The van der Waals surface area contributed by atoms with Gasteiger partial charge in [0.05, 0.1) is 11.0 Å². The van der Waals surface area contributed by atoms with Gasteiger partial charge in [-0.25, -0.2) is 14.2 Å². The molecule has 2 N–H and O–H groups in total. The SMILES string of the molecule is Cc1cc(C)c2nc3sc(=Cc4ccc(-c5ccc(O)c(C(=O)O)c5)o4)c(=O)n3c2c1. The Morgan fingerprint density at radius 3 is 2.74 bits per heavy atom. The van der Waals surface area contributed by atoms with Crippen molar-refractivity contribution in [1.29, 1.82) is 0 Å². The number of imidazole rings is 1. The zero-order valence-electron chi connectivity index (χ0n) is 16.5. The molecule has 0 aliphatic carbocycles. The highest BCUT2D eigenvalue weighted by atomic mass is 32.1. The van der Waals surface area contributed by atoms with Crippen LogP contribution in [0, 0.1) is 13.8 Å². The summed E-state index contributed by atoms with van der Waals surface area (Å²) in [6, 6.07) is 11.6. The summed E-state index contributed by atoms with van der Waals surface area (Å²) in [5.74, 6) is -0.656. The van der Waals surface area contributed by atoms with Gasteiger partial charge >= 0.3 is 5.97 Å². The molecule has 31 heavy (non-hydrogen) atoms. The van der Waals surface area contributed by atoms with Crippen molar-refractivity contribution in [3.05, 3.63) is 79.8 Å². The molecule has 0 amide bonds. The quantitative estimate of drug-likeness (QED) is 0.450. The third-order valence-electron chi connectivity index (χ3n) is 5.09. The van der Waals surface area contributed by atoms with Gasteiger partial charge in [0.2, 0.25) is 0 Å². The zero-order chi connectivity index (χ0) is 21.9. The predicted octanol–water partition coefficient (Wildman–Crippen LogP) is 3.74. The third kappa shape index (κ3) is 3.08. The summed E-state index contributed by atoms with van der Waals surface area (Å²) in [5.41, 5.74) is 3.84. The third-order valence-corrected chi connectivity index (χ3v) is 6.06. The van der Waals surface area contributed by atoms with Crippen LogP contribution < -0.4 is 10.1 Å². The van der Waals surface area contributed by atoms with Crippen molar-refractivity contribution in [3.63, 3.8) is 0 Å². The number of fused-ring (bicyclic) bond motifs is 3. The number of carboxylic acids is 1. The van der Waals surface area contributed by atoms with E-state index < -0.39 is 5.97 Å². The minimum Gasteiger partial charge on any atom is -0.507 e. The van der Waals surface area contributed by atoms with Gasteiger partial charge in [0, 0.05) is 11.6 Å². The second-order valence-corrected chi connectivity index (χ2v) is 8.34. The topological polar surface area (TPSA) is 105 Å². The number of rotatable bonds is 3. The molecule has 0 aliphatic heterocycles. The van der Waals surface area contributed by atoms with Crippen LogP contribution in [0.25, 0.3) is 33.4 Å². The Hall–Kier alpha value is -3.91. The standard InChI is InChI=1S/C23H16N2O5S/c1-11-7-12(2)20-16(8-11)25-21(27)19(31-23(25)24-20)10-14-4-6-18(30-14)13-3-5-17(26)15(9-13)22(28)29/h3-10,26H,1-2H3,(H,28,29). The van der Waals surface area contributed by atoms with Crippen LogP contribution in [-0.2, 0) is 0 Å². The molecule has 5 aromatic rings. The maximum atomic E-state index is 13.0. The number of carbonyl (C=O) groups is 1. The number of aryl methyl sites for hydroxylation is 2. The largest absolute Gasteiger partial charge is 0.507 e. The van der Waals surface area contributed by atoms with Crippen LogP contribution in [0.5, 0.6) is 5.75 Å². The Morgan fingerprint density at radius 1 is 1.16 bits per heavy atom. The van der Waals surface area contributed by atoms with Crippen LogP contribution in [0.1, 0.15) is 27.2 Å². The molecule has 2 aromatic carbocycles. The molecule has 0 aliphatic rings. The highest BCUT2D eigenvalue weighted by Crippen LogP contribution is 2.28. The van der Waals surface area contributed by atoms with E-state index in [1.54, 1.807) is 28.7 Å². The Bertz CT molecular complexity index is 1620. The van der Waals surface area contributed by atoms with E-state index in [1.807, 2.05) is 26.0 Å². The van der Waals surface area contributed by atoms with Crippen molar-refractivity contribution in [3.8, 4) is 17.1 Å². The summed E-state index contributed by atoms with van der Waals surface area (Å²) >= 11 is 1.29. The molecular formula is C23H16N2O5S. The van der Waals surface area contributed by atoms with Crippen LogP contribution in [-0.4, -0.2) is 25.6 Å². The lowest BCUT2D eigenvalue weighted by molar-refractivity contribution is 0.0694. The van der Waals surface area contributed by atoms with E-state index in [2.05, 4.69) is 4.98 Å². The Morgan fingerprint density at radius 2 is 1.97 bits per heavy atom. The van der Waals surface area contributed by atoms with Crippen LogP contribution in [0.4, 0.5) is 0 Å². The molecule has 0 saturated carbocycles. The fraction of sp³-hybridized carbons (Fsp3) is 0.0870. The fourth-order valence-electron chi connectivity index (χ4n) is 3.69. The molecule has 0 radical (unpaired) electrons. The number of aromatic hydroxyl groups is 1. The van der Waals surface area contributed by atoms with E-state index in [1.165, 1.54) is 23.5 Å². The minimum absolute atomic E-state index is 0.164. The van der Waals surface area contributed by atoms with Gasteiger partial charge in [-0.05, 0) is 61.4 Å². The first-order chi connectivity index (χ1) is 14.8. The van der Waals surface area contributed by atoms with Crippen molar-refractivity contribution in [1.82, 2.24) is 9.38 Å². The Kier molecular flexibility index (Phi) is 4.19. The monoisotopic (exact) mass is 432 g/mol. The van der Waals surface area contributed by atoms with Crippen molar-refractivity contribution in [2.45, 2.75) is 13.8 Å². The van der Waals surface area contributed by atoms with E-state index >= 15 is 0 Å². The molecule has 3 aromatic heterocycles. The molecule has 0 unspecified atom stereocenters. The number of hydrogen-bond acceptors (Lipinski definition) is 6. The molecule has 0 spiro atoms. The number of thiazole rings is 1. The maximum Gasteiger partial charge on any atom is 0.339 e. The molecule has 0 atom stereocenters. The van der Waals surface area contributed by atoms with Gasteiger partial charge in [0.1, 0.15) is 27.4 Å². The summed E-state index contributed by atoms with van der Waals surface area (Å²) in [5, 5.41) is 18.9. The zero-order valence-corrected chi connectivity index (χ0v) is 17.4. The van der Waals surface area contributed by atoms with Crippen molar-refractivity contribution in [2.75, 3.05) is 0 Å². The minimum atomic E-state index is -1.23. The summed E-state index contributed by atoms with van der Waals surface area (Å²) in [4.78, 5) is 29.5. The highest BCUT2D eigenvalue weighted by Gasteiger charge is 2.15. The molecule has 0 fully saturated rings. The van der Waals surface area contributed by atoms with Gasteiger partial charge in [-0.2, -0.15) is 0 Å². The number of hydrogen-bond donors (Lipinski definition) is 2. The van der Waals surface area contributed by atoms with Crippen LogP contribution in [0.3, 0.4) is 0 Å². The van der Waals surface area contributed by atoms with Gasteiger partial charge in [0.25, 0.3) is 5.56 Å². The lowest BCUT2D eigenvalue weighted by Gasteiger charge is -2.02. The van der Waals surface area contributed by atoms with Crippen LogP contribution >= 0.6 is 11.3 Å². The predicted molar refractivity (Wildman–Crippen MR) is 118 cm³/mol. The van der Waals surface area contributed by atoms with Crippen molar-refractivity contribution >= 4 is 39.4 Å². The summed E-state index contributed by atoms with van der Waals surface area (Å²) in [6.45, 7) is 3.96. The molecule has 0 saturated heterocycles. The number of carboxylic acid groups (broad SMARTS) is 1. The molecular weight excluding hydrogens is 416 g/mol. The number of phenols is 1. The average molecular weight is 432 g/mol. The first-order valence-electron chi connectivity index (χ1n) is 9.42. The second-order valence-electron chi connectivity index (χ2n) is 7.33. The second kappa shape index (κ2) is 6.82. The maximum absolute atomic E-state index is 13.0. The lowest BCUT2D eigenvalue weighted by atomic mass is 10.1. The van der Waals surface area contributed by atoms with Crippen LogP contribution in [0.2, 0.25) is 0 Å². The molecule has 154 valence electrons. The Labute approximate surface area is 179 Å². The number of nitrogens with zero attached hydrogens (tertiary/aromatic N) is 2. The van der Waals surface area contributed by atoms with Crippen LogP contribution in [0.15, 0.2) is 51.7 Å². The number of benzene rings is 2. The molecule has 5 rings (SSSR count). The first kappa shape index (κ1) is 19.1. The van der Waals surface area contributed by atoms with Crippen molar-refractivity contribution in [2.24, 2.45) is 0 Å². The van der Waals surface area contributed by atoms with E-state index in [9.17, 15) is 19.8 Å². The van der Waals surface area contributed by atoms with Gasteiger partial charge in [-0.3, -0.25) is 4.79 Å². The smallest absolute Gasteiger partial charge is 0.339 e. The Balaban J connectivity index is 1.60. The van der Waals surface area contributed by atoms with Gasteiger partial charge in [-0.15, -0.1) is 0 Å². The molecule has 7 nitrogen and oxygen atoms in total. The fourth-order valence-corrected chi connectivity index (χ4v) is 4.65. The molecule has 0 bridgehead atoms. The lowest BCUT2D eigenvalue weighted by Crippen LogP contribution is -2.22.